The SMILES string of the molecule is CCn1ccnc1CC(CSc1ccc(C)cc1)NC. The lowest BCUT2D eigenvalue weighted by Gasteiger charge is -2.16. The molecule has 0 radical (unpaired) electrons. The van der Waals surface area contributed by atoms with Crippen LogP contribution in [0.25, 0.3) is 0 Å². The van der Waals surface area contributed by atoms with Gasteiger partial charge in [0.05, 0.1) is 0 Å². The summed E-state index contributed by atoms with van der Waals surface area (Å²) in [4.78, 5) is 5.78. The molecule has 20 heavy (non-hydrogen) atoms. The van der Waals surface area contributed by atoms with Crippen molar-refractivity contribution in [2.45, 2.75) is 37.8 Å². The third kappa shape index (κ3) is 4.12. The number of rotatable bonds is 7. The topological polar surface area (TPSA) is 29.9 Å². The van der Waals surface area contributed by atoms with Gasteiger partial charge in [-0.15, -0.1) is 11.8 Å². The summed E-state index contributed by atoms with van der Waals surface area (Å²) in [5.74, 6) is 2.22. The van der Waals surface area contributed by atoms with E-state index in [1.54, 1.807) is 0 Å². The number of thioether (sulfide) groups is 1. The van der Waals surface area contributed by atoms with Crippen LogP contribution in [0.4, 0.5) is 0 Å². The Morgan fingerprint density at radius 2 is 2.05 bits per heavy atom. The highest BCUT2D eigenvalue weighted by molar-refractivity contribution is 7.99. The Labute approximate surface area is 125 Å². The Morgan fingerprint density at radius 1 is 1.30 bits per heavy atom. The first-order valence-electron chi connectivity index (χ1n) is 7.09. The van der Waals surface area contributed by atoms with Crippen molar-refractivity contribution < 1.29 is 0 Å². The van der Waals surface area contributed by atoms with Crippen LogP contribution in [-0.2, 0) is 13.0 Å². The number of benzene rings is 1. The van der Waals surface area contributed by atoms with Crippen molar-refractivity contribution in [2.75, 3.05) is 12.8 Å². The van der Waals surface area contributed by atoms with Crippen LogP contribution in [0.3, 0.4) is 0 Å². The summed E-state index contributed by atoms with van der Waals surface area (Å²) in [5, 5.41) is 3.40. The molecule has 1 aromatic carbocycles. The van der Waals surface area contributed by atoms with Gasteiger partial charge in [-0.1, -0.05) is 17.7 Å². The summed E-state index contributed by atoms with van der Waals surface area (Å²) in [6.45, 7) is 5.26. The van der Waals surface area contributed by atoms with E-state index in [1.165, 1.54) is 10.5 Å². The zero-order valence-corrected chi connectivity index (χ0v) is 13.3. The molecule has 1 heterocycles. The molecule has 0 saturated carbocycles. The number of nitrogens with one attached hydrogen (secondary N) is 1. The predicted octanol–water partition coefficient (Wildman–Crippen LogP) is 3.13. The van der Waals surface area contributed by atoms with Gasteiger partial charge in [0.2, 0.25) is 0 Å². The standard InChI is InChI=1S/C16H23N3S/c1-4-19-10-9-18-16(19)11-14(17-3)12-20-15-7-5-13(2)6-8-15/h5-10,14,17H,4,11-12H2,1-3H3. The average molecular weight is 289 g/mol. The molecule has 0 aliphatic rings. The average Bonchev–Trinajstić information content (AvgIpc) is 2.92. The lowest BCUT2D eigenvalue weighted by atomic mass is 10.2. The maximum absolute atomic E-state index is 4.46. The van der Waals surface area contributed by atoms with Gasteiger partial charge in [-0.05, 0) is 33.0 Å². The molecule has 4 heteroatoms. The van der Waals surface area contributed by atoms with Crippen LogP contribution < -0.4 is 5.32 Å². The van der Waals surface area contributed by atoms with E-state index in [2.05, 4.69) is 59.2 Å². The summed E-state index contributed by atoms with van der Waals surface area (Å²) in [6.07, 6.45) is 4.91. The number of nitrogens with zero attached hydrogens (tertiary/aromatic N) is 2. The van der Waals surface area contributed by atoms with Gasteiger partial charge in [-0.2, -0.15) is 0 Å². The molecule has 0 bridgehead atoms. The van der Waals surface area contributed by atoms with Gasteiger partial charge < -0.3 is 9.88 Å². The summed E-state index contributed by atoms with van der Waals surface area (Å²) in [5.41, 5.74) is 1.31. The van der Waals surface area contributed by atoms with E-state index in [-0.39, 0.29) is 0 Å². The van der Waals surface area contributed by atoms with Crippen molar-refractivity contribution in [1.82, 2.24) is 14.9 Å². The fourth-order valence-corrected chi connectivity index (χ4v) is 3.12. The first-order valence-corrected chi connectivity index (χ1v) is 8.08. The molecule has 1 atom stereocenters. The quantitative estimate of drug-likeness (QED) is 0.794. The highest BCUT2D eigenvalue weighted by Crippen LogP contribution is 2.20. The van der Waals surface area contributed by atoms with Crippen molar-refractivity contribution >= 4 is 11.8 Å². The largest absolute Gasteiger partial charge is 0.335 e. The van der Waals surface area contributed by atoms with Gasteiger partial charge in [-0.3, -0.25) is 0 Å². The van der Waals surface area contributed by atoms with E-state index in [1.807, 2.05) is 25.0 Å². The van der Waals surface area contributed by atoms with Crippen LogP contribution in [0.5, 0.6) is 0 Å². The molecular weight excluding hydrogens is 266 g/mol. The van der Waals surface area contributed by atoms with E-state index < -0.39 is 0 Å². The smallest absolute Gasteiger partial charge is 0.110 e. The molecule has 2 aromatic rings. The number of imidazole rings is 1. The molecule has 0 aliphatic carbocycles. The first kappa shape index (κ1) is 15.1. The number of hydrogen-bond acceptors (Lipinski definition) is 3. The fourth-order valence-electron chi connectivity index (χ4n) is 2.11. The van der Waals surface area contributed by atoms with E-state index >= 15 is 0 Å². The van der Waals surface area contributed by atoms with Gasteiger partial charge in [0, 0.05) is 42.0 Å². The third-order valence-electron chi connectivity index (χ3n) is 3.45. The minimum atomic E-state index is 0.439. The molecule has 2 rings (SSSR count). The summed E-state index contributed by atoms with van der Waals surface area (Å²) in [6, 6.07) is 9.16. The monoisotopic (exact) mass is 289 g/mol. The maximum atomic E-state index is 4.46. The second-order valence-corrected chi connectivity index (χ2v) is 6.04. The van der Waals surface area contributed by atoms with Crippen molar-refractivity contribution in [3.05, 3.63) is 48.0 Å². The molecule has 0 spiro atoms. The fraction of sp³-hybridized carbons (Fsp3) is 0.438. The van der Waals surface area contributed by atoms with Crippen LogP contribution in [0.15, 0.2) is 41.6 Å². The summed E-state index contributed by atoms with van der Waals surface area (Å²) in [7, 11) is 2.03. The summed E-state index contributed by atoms with van der Waals surface area (Å²) >= 11 is 1.90. The Bertz CT molecular complexity index is 519. The predicted molar refractivity (Wildman–Crippen MR) is 86.4 cm³/mol. The van der Waals surface area contributed by atoms with E-state index in [0.29, 0.717) is 6.04 Å². The molecule has 0 fully saturated rings. The van der Waals surface area contributed by atoms with E-state index in [0.717, 1.165) is 24.5 Å². The third-order valence-corrected chi connectivity index (χ3v) is 4.63. The molecule has 1 aromatic heterocycles. The van der Waals surface area contributed by atoms with Gasteiger partial charge in [0.25, 0.3) is 0 Å². The second-order valence-electron chi connectivity index (χ2n) is 4.94. The van der Waals surface area contributed by atoms with E-state index in [9.17, 15) is 0 Å². The Hall–Kier alpha value is -1.26. The van der Waals surface area contributed by atoms with Crippen LogP contribution in [0.1, 0.15) is 18.3 Å². The minimum Gasteiger partial charge on any atom is -0.335 e. The van der Waals surface area contributed by atoms with Crippen molar-refractivity contribution in [3.8, 4) is 0 Å². The maximum Gasteiger partial charge on any atom is 0.110 e. The van der Waals surface area contributed by atoms with Crippen molar-refractivity contribution in [2.24, 2.45) is 0 Å². The van der Waals surface area contributed by atoms with Gasteiger partial charge in [0.1, 0.15) is 5.82 Å². The Balaban J connectivity index is 1.90. The minimum absolute atomic E-state index is 0.439. The van der Waals surface area contributed by atoms with Gasteiger partial charge in [-0.25, -0.2) is 4.98 Å². The van der Waals surface area contributed by atoms with Crippen LogP contribution >= 0.6 is 11.8 Å². The number of aryl methyl sites for hydroxylation is 2. The molecule has 0 amide bonds. The zero-order valence-electron chi connectivity index (χ0n) is 12.5. The zero-order chi connectivity index (χ0) is 14.4. The van der Waals surface area contributed by atoms with Crippen molar-refractivity contribution in [1.29, 1.82) is 0 Å². The molecule has 1 N–H and O–H groups in total. The molecule has 0 aliphatic heterocycles. The lowest BCUT2D eigenvalue weighted by molar-refractivity contribution is 0.573. The van der Waals surface area contributed by atoms with Crippen LogP contribution in [0, 0.1) is 6.92 Å². The molecule has 108 valence electrons. The highest BCUT2D eigenvalue weighted by Gasteiger charge is 2.11. The number of aromatic nitrogens is 2. The molecule has 0 saturated heterocycles. The second kappa shape index (κ2) is 7.50. The molecular formula is C16H23N3S. The van der Waals surface area contributed by atoms with E-state index in [4.69, 9.17) is 0 Å². The Kier molecular flexibility index (Phi) is 5.68. The molecule has 1 unspecified atom stereocenters. The Morgan fingerprint density at radius 3 is 2.70 bits per heavy atom. The normalized spacial score (nSPS) is 12.6. The summed E-state index contributed by atoms with van der Waals surface area (Å²) < 4.78 is 2.21. The number of likely N-dealkylation sites (N-methyl/N-ethyl adjacent to an activating group) is 1. The van der Waals surface area contributed by atoms with Crippen molar-refractivity contribution in [3.63, 3.8) is 0 Å². The number of hydrogen-bond donors (Lipinski definition) is 1. The highest BCUT2D eigenvalue weighted by atomic mass is 32.2. The molecule has 3 nitrogen and oxygen atoms in total. The first-order chi connectivity index (χ1) is 9.72. The van der Waals surface area contributed by atoms with Gasteiger partial charge in [0.15, 0.2) is 0 Å². The van der Waals surface area contributed by atoms with Gasteiger partial charge >= 0.3 is 0 Å². The van der Waals surface area contributed by atoms with Crippen LogP contribution in [-0.4, -0.2) is 28.4 Å². The lowest BCUT2D eigenvalue weighted by Crippen LogP contribution is -2.31. The van der Waals surface area contributed by atoms with Crippen LogP contribution in [0.2, 0.25) is 0 Å².